The number of hydrogen-bond donors (Lipinski definition) is 1. The maximum absolute atomic E-state index is 12.4. The Bertz CT molecular complexity index is 595. The Morgan fingerprint density at radius 1 is 1.00 bits per heavy atom. The Balaban J connectivity index is 1.98. The largest absolute Gasteiger partial charge is 0.467 e. The van der Waals surface area contributed by atoms with Crippen LogP contribution in [0, 0.1) is 0 Å². The van der Waals surface area contributed by atoms with Gasteiger partial charge in [0.2, 0.25) is 11.6 Å². The second-order valence-corrected chi connectivity index (χ2v) is 13.5. The number of aliphatic hydroxyl groups is 1. The quantitative estimate of drug-likeness (QED) is 0.535. The molecule has 0 spiro atoms. The van der Waals surface area contributed by atoms with E-state index in [0.29, 0.717) is 12.8 Å². The van der Waals surface area contributed by atoms with Gasteiger partial charge in [-0.1, -0.05) is 0 Å². The van der Waals surface area contributed by atoms with Crippen molar-refractivity contribution in [2.75, 3.05) is 21.3 Å². The second-order valence-electron chi connectivity index (χ2n) is 9.06. The van der Waals surface area contributed by atoms with Crippen molar-refractivity contribution >= 4 is 14.3 Å². The summed E-state index contributed by atoms with van der Waals surface area (Å²) >= 11 is 0. The van der Waals surface area contributed by atoms with E-state index in [2.05, 4.69) is 19.6 Å². The van der Waals surface area contributed by atoms with E-state index in [9.17, 15) is 9.90 Å². The SMILES string of the molecule is COC(=O)[C@@]1(O)C[C@H]2O[C@@]3(OC)CCCC[C@]3(OC)O[C@@H]2[C@H](O[Si](C)(C)C)C1. The third kappa shape index (κ3) is 3.66. The van der Waals surface area contributed by atoms with Crippen LogP contribution in [0.3, 0.4) is 0 Å². The van der Waals surface area contributed by atoms with Crippen LogP contribution in [-0.2, 0) is 32.9 Å². The van der Waals surface area contributed by atoms with Crippen LogP contribution >= 0.6 is 0 Å². The lowest BCUT2D eigenvalue weighted by Gasteiger charge is -2.60. The highest BCUT2D eigenvalue weighted by Crippen LogP contribution is 2.52. The molecule has 8 nitrogen and oxygen atoms in total. The van der Waals surface area contributed by atoms with Crippen LogP contribution in [0.25, 0.3) is 0 Å². The monoisotopic (exact) mass is 418 g/mol. The number of hydrogen-bond acceptors (Lipinski definition) is 8. The predicted molar refractivity (Wildman–Crippen MR) is 102 cm³/mol. The number of carbonyl (C=O) groups is 1. The highest BCUT2D eigenvalue weighted by Gasteiger charge is 2.67. The summed E-state index contributed by atoms with van der Waals surface area (Å²) in [6, 6.07) is 0. The molecule has 0 unspecified atom stereocenters. The highest BCUT2D eigenvalue weighted by atomic mass is 28.4. The molecule has 1 aliphatic heterocycles. The van der Waals surface area contributed by atoms with Crippen LogP contribution in [0.4, 0.5) is 0 Å². The number of rotatable bonds is 5. The van der Waals surface area contributed by atoms with Crippen LogP contribution in [0.5, 0.6) is 0 Å². The summed E-state index contributed by atoms with van der Waals surface area (Å²) in [5.41, 5.74) is -1.69. The zero-order chi connectivity index (χ0) is 20.8. The van der Waals surface area contributed by atoms with Gasteiger partial charge >= 0.3 is 5.97 Å². The van der Waals surface area contributed by atoms with Crippen LogP contribution in [0.2, 0.25) is 19.6 Å². The van der Waals surface area contributed by atoms with Crippen LogP contribution in [-0.4, -0.2) is 76.2 Å². The summed E-state index contributed by atoms with van der Waals surface area (Å²) in [4.78, 5) is 12.4. The summed E-state index contributed by atoms with van der Waals surface area (Å²) in [5, 5.41) is 11.1. The summed E-state index contributed by atoms with van der Waals surface area (Å²) in [6.45, 7) is 6.18. The molecule has 2 saturated carbocycles. The number of methoxy groups -OCH3 is 3. The van der Waals surface area contributed by atoms with E-state index in [1.54, 1.807) is 14.2 Å². The summed E-state index contributed by atoms with van der Waals surface area (Å²) in [6.07, 6.45) is 1.67. The third-order valence-electron chi connectivity index (χ3n) is 6.05. The highest BCUT2D eigenvalue weighted by molar-refractivity contribution is 6.69. The molecular weight excluding hydrogens is 384 g/mol. The van der Waals surface area contributed by atoms with Gasteiger partial charge in [0, 0.05) is 39.9 Å². The molecule has 1 saturated heterocycles. The Hall–Kier alpha value is -0.553. The van der Waals surface area contributed by atoms with Gasteiger partial charge in [0.15, 0.2) is 13.9 Å². The minimum Gasteiger partial charge on any atom is -0.467 e. The van der Waals surface area contributed by atoms with E-state index in [-0.39, 0.29) is 12.8 Å². The molecule has 3 fully saturated rings. The summed E-state index contributed by atoms with van der Waals surface area (Å²) < 4.78 is 35.9. The predicted octanol–water partition coefficient (Wildman–Crippen LogP) is 1.95. The van der Waals surface area contributed by atoms with Crippen molar-refractivity contribution in [1.82, 2.24) is 0 Å². The van der Waals surface area contributed by atoms with E-state index in [1.165, 1.54) is 7.11 Å². The standard InChI is InChI=1S/C19H34O8Si/c1-22-16(20)17(21)11-13-15(14(12-17)27-28(4,5)6)26-19(24-3)10-8-7-9-18(19,23-2)25-13/h13-15,21H,7-12H2,1-6H3/t13-,14-,15+,17-,18+,19+/m1/s1. The molecule has 0 amide bonds. The molecule has 3 aliphatic rings. The minimum atomic E-state index is -2.00. The Morgan fingerprint density at radius 2 is 1.57 bits per heavy atom. The molecule has 1 N–H and O–H groups in total. The molecule has 0 aromatic heterocycles. The number of esters is 1. The lowest BCUT2D eigenvalue weighted by molar-refractivity contribution is -0.480. The van der Waals surface area contributed by atoms with Crippen LogP contribution in [0.15, 0.2) is 0 Å². The molecule has 0 aromatic rings. The topological polar surface area (TPSA) is 92.7 Å². The first-order valence-corrected chi connectivity index (χ1v) is 13.4. The zero-order valence-electron chi connectivity index (χ0n) is 17.8. The van der Waals surface area contributed by atoms with Gasteiger partial charge in [0.05, 0.1) is 19.3 Å². The van der Waals surface area contributed by atoms with Crippen molar-refractivity contribution in [1.29, 1.82) is 0 Å². The Morgan fingerprint density at radius 3 is 2.07 bits per heavy atom. The van der Waals surface area contributed by atoms with Crippen molar-refractivity contribution in [3.05, 3.63) is 0 Å². The number of carbonyl (C=O) groups excluding carboxylic acids is 1. The van der Waals surface area contributed by atoms with Gasteiger partial charge in [-0.05, 0) is 32.5 Å². The smallest absolute Gasteiger partial charge is 0.338 e. The van der Waals surface area contributed by atoms with E-state index in [4.69, 9.17) is 28.1 Å². The number of fused-ring (bicyclic) bond motifs is 2. The van der Waals surface area contributed by atoms with Crippen LogP contribution in [0.1, 0.15) is 38.5 Å². The normalized spacial score (nSPS) is 43.8. The molecule has 9 heteroatoms. The van der Waals surface area contributed by atoms with Crippen molar-refractivity contribution in [3.63, 3.8) is 0 Å². The fraction of sp³-hybridized carbons (Fsp3) is 0.947. The van der Waals surface area contributed by atoms with Gasteiger partial charge < -0.3 is 33.2 Å². The lowest BCUT2D eigenvalue weighted by Crippen LogP contribution is -2.73. The van der Waals surface area contributed by atoms with Gasteiger partial charge in [-0.25, -0.2) is 4.79 Å². The molecule has 1 heterocycles. The van der Waals surface area contributed by atoms with E-state index < -0.39 is 49.8 Å². The van der Waals surface area contributed by atoms with E-state index >= 15 is 0 Å². The fourth-order valence-electron chi connectivity index (χ4n) is 4.87. The van der Waals surface area contributed by atoms with Gasteiger partial charge in [-0.15, -0.1) is 0 Å². The van der Waals surface area contributed by atoms with Crippen molar-refractivity contribution < 1.29 is 38.0 Å². The van der Waals surface area contributed by atoms with Gasteiger partial charge in [0.25, 0.3) is 0 Å². The first-order valence-electron chi connectivity index (χ1n) is 9.98. The van der Waals surface area contributed by atoms with Crippen molar-refractivity contribution in [2.24, 2.45) is 0 Å². The first kappa shape index (κ1) is 22.1. The third-order valence-corrected chi connectivity index (χ3v) is 7.06. The van der Waals surface area contributed by atoms with Crippen molar-refractivity contribution in [3.8, 4) is 0 Å². The van der Waals surface area contributed by atoms with Gasteiger partial charge in [0.1, 0.15) is 6.10 Å². The molecular formula is C19H34O8Si. The average Bonchev–Trinajstić information content (AvgIpc) is 2.64. The van der Waals surface area contributed by atoms with Gasteiger partial charge in [-0.3, -0.25) is 0 Å². The number of ether oxygens (including phenoxy) is 5. The van der Waals surface area contributed by atoms with Crippen LogP contribution < -0.4 is 0 Å². The Labute approximate surface area is 167 Å². The molecule has 0 aromatic carbocycles. The van der Waals surface area contributed by atoms with Gasteiger partial charge in [-0.2, -0.15) is 0 Å². The lowest BCUT2D eigenvalue weighted by atomic mass is 9.76. The molecule has 2 aliphatic carbocycles. The molecule has 28 heavy (non-hydrogen) atoms. The Kier molecular flexibility index (Phi) is 6.01. The molecule has 3 rings (SSSR count). The molecule has 6 atom stereocenters. The van der Waals surface area contributed by atoms with E-state index in [0.717, 1.165) is 12.8 Å². The maximum Gasteiger partial charge on any atom is 0.338 e. The summed E-state index contributed by atoms with van der Waals surface area (Å²) in [5.74, 6) is -2.81. The second kappa shape index (κ2) is 7.61. The zero-order valence-corrected chi connectivity index (χ0v) is 18.8. The molecule has 0 bridgehead atoms. The molecule has 162 valence electrons. The minimum absolute atomic E-state index is 0.0564. The van der Waals surface area contributed by atoms with E-state index in [1.807, 2.05) is 0 Å². The maximum atomic E-state index is 12.4. The van der Waals surface area contributed by atoms with Crippen molar-refractivity contribution in [2.45, 2.75) is 93.7 Å². The first-order chi connectivity index (χ1) is 13.0. The average molecular weight is 419 g/mol. The molecule has 0 radical (unpaired) electrons. The fourth-order valence-corrected chi connectivity index (χ4v) is 6.00. The summed E-state index contributed by atoms with van der Waals surface area (Å²) in [7, 11) is 2.45.